The number of rotatable bonds is 5. The number of fused-ring (bicyclic) bond motifs is 1. The van der Waals surface area contributed by atoms with Crippen molar-refractivity contribution in [1.29, 1.82) is 0 Å². The number of hydrogen-bond donors (Lipinski definition) is 0. The summed E-state index contributed by atoms with van der Waals surface area (Å²) in [4.78, 5) is 19.6. The maximum atomic E-state index is 5.86. The molecule has 1 aliphatic heterocycles. The van der Waals surface area contributed by atoms with Crippen molar-refractivity contribution in [3.8, 4) is 23.0 Å². The van der Waals surface area contributed by atoms with Crippen LogP contribution >= 0.6 is 12.2 Å². The molecule has 0 bridgehead atoms. The molecule has 0 N–H and O–H groups in total. The Labute approximate surface area is 190 Å². The zero-order valence-corrected chi connectivity index (χ0v) is 18.4. The summed E-state index contributed by atoms with van der Waals surface area (Å²) in [5.74, 6) is 1.43. The van der Waals surface area contributed by atoms with Crippen LogP contribution in [0.1, 0.15) is 11.3 Å². The Morgan fingerprint density at radius 2 is 1.84 bits per heavy atom. The molecule has 0 spiro atoms. The van der Waals surface area contributed by atoms with Crippen LogP contribution in [0.15, 0.2) is 55.4 Å². The fraction of sp³-hybridized carbons (Fsp3) is 0.273. The van der Waals surface area contributed by atoms with Crippen LogP contribution in [0.2, 0.25) is 0 Å². The lowest BCUT2D eigenvalue weighted by molar-refractivity contribution is 0.215. The molecule has 10 heteroatoms. The van der Waals surface area contributed by atoms with Gasteiger partial charge in [-0.05, 0) is 48.5 Å². The van der Waals surface area contributed by atoms with E-state index >= 15 is 0 Å². The lowest BCUT2D eigenvalue weighted by Crippen LogP contribution is -2.29. The van der Waals surface area contributed by atoms with E-state index in [0.717, 1.165) is 43.1 Å². The molecule has 0 amide bonds. The Balaban J connectivity index is 1.49. The summed E-state index contributed by atoms with van der Waals surface area (Å²) in [6.45, 7) is 2.34. The zero-order chi connectivity index (χ0) is 21.9. The quantitative estimate of drug-likeness (QED) is 0.433. The van der Waals surface area contributed by atoms with E-state index in [1.165, 1.54) is 5.56 Å². The van der Waals surface area contributed by atoms with Gasteiger partial charge >= 0.3 is 0 Å². The minimum Gasteiger partial charge on any atom is -0.497 e. The van der Waals surface area contributed by atoms with E-state index in [1.54, 1.807) is 32.0 Å². The molecule has 9 nitrogen and oxygen atoms in total. The third-order valence-corrected chi connectivity index (χ3v) is 5.93. The van der Waals surface area contributed by atoms with Crippen LogP contribution in [0.4, 0.5) is 0 Å². The van der Waals surface area contributed by atoms with Crippen LogP contribution in [-0.2, 0) is 19.5 Å². The number of ether oxygens (including phenoxy) is 1. The van der Waals surface area contributed by atoms with Crippen LogP contribution in [0.25, 0.3) is 17.2 Å². The molecule has 4 heterocycles. The van der Waals surface area contributed by atoms with Gasteiger partial charge in [-0.2, -0.15) is 0 Å². The van der Waals surface area contributed by atoms with E-state index < -0.39 is 0 Å². The predicted molar refractivity (Wildman–Crippen MR) is 121 cm³/mol. The third-order valence-electron chi connectivity index (χ3n) is 5.54. The Morgan fingerprint density at radius 1 is 1.00 bits per heavy atom. The number of aromatic nitrogens is 7. The minimum atomic E-state index is 0.580. The van der Waals surface area contributed by atoms with Crippen molar-refractivity contribution in [1.82, 2.24) is 39.2 Å². The highest BCUT2D eigenvalue weighted by molar-refractivity contribution is 7.71. The van der Waals surface area contributed by atoms with E-state index in [-0.39, 0.29) is 0 Å². The van der Waals surface area contributed by atoms with Crippen LogP contribution in [0.3, 0.4) is 0 Å². The smallest absolute Gasteiger partial charge is 0.204 e. The maximum absolute atomic E-state index is 5.86. The standard InChI is InChI=1S/C22H22N8OS/c1-31-18-4-2-17(3-5-18)30-21(20-13-23-8-9-25-20)27-29(22(30)32)15-28-10-6-16-12-24-14-26-19(16)7-11-28/h2-5,8-9,12-14H,6-7,10-11,15H2,1H3. The second kappa shape index (κ2) is 8.93. The first kappa shape index (κ1) is 20.4. The maximum Gasteiger partial charge on any atom is 0.204 e. The molecule has 0 saturated carbocycles. The fourth-order valence-corrected chi connectivity index (χ4v) is 4.14. The molecule has 0 atom stereocenters. The Morgan fingerprint density at radius 3 is 2.62 bits per heavy atom. The summed E-state index contributed by atoms with van der Waals surface area (Å²) < 4.78 is 9.67. The average Bonchev–Trinajstić information content (AvgIpc) is 3.03. The first-order valence-corrected chi connectivity index (χ1v) is 10.7. The fourth-order valence-electron chi connectivity index (χ4n) is 3.85. The highest BCUT2D eigenvalue weighted by Gasteiger charge is 2.20. The molecule has 0 unspecified atom stereocenters. The zero-order valence-electron chi connectivity index (χ0n) is 17.6. The van der Waals surface area contributed by atoms with Gasteiger partial charge in [-0.1, -0.05) is 0 Å². The molecule has 0 saturated heterocycles. The van der Waals surface area contributed by atoms with Crippen molar-refractivity contribution in [2.24, 2.45) is 0 Å². The van der Waals surface area contributed by atoms with Gasteiger partial charge in [0, 0.05) is 43.8 Å². The van der Waals surface area contributed by atoms with Gasteiger partial charge < -0.3 is 4.74 Å². The van der Waals surface area contributed by atoms with E-state index in [2.05, 4.69) is 24.8 Å². The van der Waals surface area contributed by atoms with Gasteiger partial charge in [-0.15, -0.1) is 5.10 Å². The summed E-state index contributed by atoms with van der Waals surface area (Å²) in [6.07, 6.45) is 10.3. The van der Waals surface area contributed by atoms with Crippen molar-refractivity contribution >= 4 is 12.2 Å². The third kappa shape index (κ3) is 4.02. The van der Waals surface area contributed by atoms with Crippen molar-refractivity contribution < 1.29 is 4.74 Å². The van der Waals surface area contributed by atoms with Gasteiger partial charge in [0.15, 0.2) is 5.82 Å². The number of nitrogens with zero attached hydrogens (tertiary/aromatic N) is 8. The van der Waals surface area contributed by atoms with Crippen LogP contribution in [0, 0.1) is 4.77 Å². The van der Waals surface area contributed by atoms with Gasteiger partial charge in [-0.25, -0.2) is 19.6 Å². The Bertz CT molecular complexity index is 1240. The van der Waals surface area contributed by atoms with Gasteiger partial charge in [0.1, 0.15) is 17.8 Å². The van der Waals surface area contributed by atoms with Crippen LogP contribution in [-0.4, -0.2) is 59.4 Å². The first-order valence-electron chi connectivity index (χ1n) is 10.3. The van der Waals surface area contributed by atoms with Crippen molar-refractivity contribution in [2.75, 3.05) is 20.2 Å². The average molecular weight is 447 g/mol. The highest BCUT2D eigenvalue weighted by Crippen LogP contribution is 2.23. The van der Waals surface area contributed by atoms with Crippen molar-refractivity contribution in [3.63, 3.8) is 0 Å². The molecule has 1 aliphatic rings. The summed E-state index contributed by atoms with van der Waals surface area (Å²) in [5.41, 5.74) is 3.88. The molecule has 4 aromatic rings. The summed E-state index contributed by atoms with van der Waals surface area (Å²) in [7, 11) is 1.65. The molecule has 32 heavy (non-hydrogen) atoms. The highest BCUT2D eigenvalue weighted by atomic mass is 32.1. The molecule has 5 rings (SSSR count). The van der Waals surface area contributed by atoms with Gasteiger partial charge in [-0.3, -0.25) is 14.5 Å². The second-order valence-electron chi connectivity index (χ2n) is 7.48. The minimum absolute atomic E-state index is 0.580. The SMILES string of the molecule is COc1ccc(-n2c(-c3cnccn3)nn(CN3CCc4cncnc4CC3)c2=S)cc1. The van der Waals surface area contributed by atoms with E-state index in [4.69, 9.17) is 22.1 Å². The van der Waals surface area contributed by atoms with Gasteiger partial charge in [0.25, 0.3) is 0 Å². The second-order valence-corrected chi connectivity index (χ2v) is 7.85. The summed E-state index contributed by atoms with van der Waals surface area (Å²) in [6, 6.07) is 7.73. The Hall–Kier alpha value is -3.50. The van der Waals surface area contributed by atoms with E-state index in [9.17, 15) is 0 Å². The molecular formula is C22H22N8OS. The summed E-state index contributed by atoms with van der Waals surface area (Å²) in [5, 5.41) is 4.84. The van der Waals surface area contributed by atoms with Gasteiger partial charge in [0.2, 0.25) is 4.77 Å². The topological polar surface area (TPSA) is 86.8 Å². The van der Waals surface area contributed by atoms with Crippen molar-refractivity contribution in [2.45, 2.75) is 19.5 Å². The number of benzene rings is 1. The molecule has 0 aliphatic carbocycles. The lowest BCUT2D eigenvalue weighted by Gasteiger charge is -2.19. The molecule has 162 valence electrons. The van der Waals surface area contributed by atoms with E-state index in [0.29, 0.717) is 23.0 Å². The van der Waals surface area contributed by atoms with Crippen LogP contribution in [0.5, 0.6) is 5.75 Å². The lowest BCUT2D eigenvalue weighted by atomic mass is 10.1. The monoisotopic (exact) mass is 446 g/mol. The number of methoxy groups -OCH3 is 1. The summed E-state index contributed by atoms with van der Waals surface area (Å²) >= 11 is 5.86. The first-order chi connectivity index (χ1) is 15.7. The molecule has 0 radical (unpaired) electrons. The van der Waals surface area contributed by atoms with Crippen molar-refractivity contribution in [3.05, 3.63) is 71.4 Å². The van der Waals surface area contributed by atoms with Gasteiger partial charge in [0.05, 0.1) is 25.7 Å². The predicted octanol–water partition coefficient (Wildman–Crippen LogP) is 2.72. The molecule has 1 aromatic carbocycles. The van der Waals surface area contributed by atoms with E-state index in [1.807, 2.05) is 39.7 Å². The molecular weight excluding hydrogens is 424 g/mol. The normalized spacial score (nSPS) is 14.0. The molecule has 3 aromatic heterocycles. The number of hydrogen-bond acceptors (Lipinski definition) is 8. The van der Waals surface area contributed by atoms with Crippen LogP contribution < -0.4 is 4.74 Å². The molecule has 0 fully saturated rings. The Kier molecular flexibility index (Phi) is 5.70. The largest absolute Gasteiger partial charge is 0.497 e.